The Morgan fingerprint density at radius 1 is 0.339 bits per heavy atom. The number of allylic oxidation sites excluding steroid dienone is 4. The quantitative estimate of drug-likeness (QED) is 0.0263. The molecule has 6 heteroatoms. The first-order valence-electron chi connectivity index (χ1n) is 25.8. The van der Waals surface area contributed by atoms with Crippen molar-refractivity contribution in [2.75, 3.05) is 13.2 Å². The van der Waals surface area contributed by atoms with Crippen LogP contribution >= 0.6 is 0 Å². The molecule has 0 N–H and O–H groups in total. The minimum absolute atomic E-state index is 0.0691. The maximum absolute atomic E-state index is 12.8. The summed E-state index contributed by atoms with van der Waals surface area (Å²) >= 11 is 0. The molecule has 0 heterocycles. The van der Waals surface area contributed by atoms with Crippen LogP contribution in [0.3, 0.4) is 0 Å². The molecule has 1 unspecified atom stereocenters. The van der Waals surface area contributed by atoms with Gasteiger partial charge in [-0.25, -0.2) is 0 Å². The van der Waals surface area contributed by atoms with E-state index >= 15 is 0 Å². The van der Waals surface area contributed by atoms with E-state index in [4.69, 9.17) is 14.2 Å². The van der Waals surface area contributed by atoms with Crippen LogP contribution in [-0.2, 0) is 28.6 Å². The van der Waals surface area contributed by atoms with Gasteiger partial charge in [0.15, 0.2) is 6.10 Å². The highest BCUT2D eigenvalue weighted by molar-refractivity contribution is 5.71. The summed E-state index contributed by atoms with van der Waals surface area (Å²) in [6, 6.07) is 0. The highest BCUT2D eigenvalue weighted by atomic mass is 16.6. The second kappa shape index (κ2) is 48.6. The van der Waals surface area contributed by atoms with Crippen molar-refractivity contribution in [3.63, 3.8) is 0 Å². The summed E-state index contributed by atoms with van der Waals surface area (Å²) in [5.74, 6) is -0.865. The summed E-state index contributed by atoms with van der Waals surface area (Å²) in [6.07, 6.45) is 54.4. The topological polar surface area (TPSA) is 78.9 Å². The first-order chi connectivity index (χ1) is 29.0. The van der Waals surface area contributed by atoms with E-state index in [1.54, 1.807) is 0 Å². The van der Waals surface area contributed by atoms with E-state index in [1.807, 2.05) is 0 Å². The molecule has 0 aromatic heterocycles. The molecule has 0 aliphatic heterocycles. The van der Waals surface area contributed by atoms with Crippen molar-refractivity contribution >= 4 is 17.9 Å². The first kappa shape index (κ1) is 56.9. The van der Waals surface area contributed by atoms with E-state index in [0.29, 0.717) is 19.3 Å². The lowest BCUT2D eigenvalue weighted by Crippen LogP contribution is -2.30. The van der Waals surface area contributed by atoms with Gasteiger partial charge in [-0.1, -0.05) is 231 Å². The van der Waals surface area contributed by atoms with Crippen LogP contribution < -0.4 is 0 Å². The summed E-state index contributed by atoms with van der Waals surface area (Å²) in [5, 5.41) is 0. The fourth-order valence-corrected chi connectivity index (χ4v) is 7.53. The number of hydrogen-bond donors (Lipinski definition) is 0. The molecule has 0 bridgehead atoms. The fourth-order valence-electron chi connectivity index (χ4n) is 7.53. The average molecular weight is 831 g/mol. The number of esters is 3. The molecule has 0 aromatic rings. The molecule has 0 aliphatic rings. The zero-order chi connectivity index (χ0) is 43.0. The van der Waals surface area contributed by atoms with Gasteiger partial charge >= 0.3 is 17.9 Å². The molecule has 0 radical (unpaired) electrons. The van der Waals surface area contributed by atoms with Crippen LogP contribution in [0.15, 0.2) is 24.3 Å². The van der Waals surface area contributed by atoms with Crippen LogP contribution in [-0.4, -0.2) is 37.2 Å². The minimum Gasteiger partial charge on any atom is -0.462 e. The molecule has 0 saturated heterocycles. The Kier molecular flexibility index (Phi) is 46.8. The van der Waals surface area contributed by atoms with Gasteiger partial charge in [0.1, 0.15) is 13.2 Å². The molecule has 0 aromatic carbocycles. The number of rotatable bonds is 47. The molecule has 346 valence electrons. The second-order valence-corrected chi connectivity index (χ2v) is 17.4. The summed E-state index contributed by atoms with van der Waals surface area (Å²) in [7, 11) is 0. The second-order valence-electron chi connectivity index (χ2n) is 17.4. The Bertz CT molecular complexity index is 958. The van der Waals surface area contributed by atoms with Gasteiger partial charge < -0.3 is 14.2 Å². The molecule has 0 fully saturated rings. The highest BCUT2D eigenvalue weighted by Gasteiger charge is 2.19. The number of hydrogen-bond acceptors (Lipinski definition) is 6. The molecule has 6 nitrogen and oxygen atoms in total. The molecule has 0 aliphatic carbocycles. The van der Waals surface area contributed by atoms with E-state index in [1.165, 1.54) is 167 Å². The maximum Gasteiger partial charge on any atom is 0.306 e. The Morgan fingerprint density at radius 2 is 0.610 bits per heavy atom. The maximum atomic E-state index is 12.8. The zero-order valence-corrected chi connectivity index (χ0v) is 39.5. The van der Waals surface area contributed by atoms with Gasteiger partial charge in [0.05, 0.1) is 0 Å². The number of carbonyl (C=O) groups excluding carboxylic acids is 3. The lowest BCUT2D eigenvalue weighted by atomic mass is 10.0. The smallest absolute Gasteiger partial charge is 0.306 e. The average Bonchev–Trinajstić information content (AvgIpc) is 3.23. The van der Waals surface area contributed by atoms with Crippen molar-refractivity contribution in [1.29, 1.82) is 0 Å². The predicted octanol–water partition coefficient (Wildman–Crippen LogP) is 16.8. The number of ether oxygens (including phenoxy) is 3. The molecular formula is C53H98O6. The van der Waals surface area contributed by atoms with Crippen molar-refractivity contribution in [3.8, 4) is 0 Å². The minimum atomic E-state index is -0.767. The van der Waals surface area contributed by atoms with E-state index < -0.39 is 6.10 Å². The van der Waals surface area contributed by atoms with E-state index in [0.717, 1.165) is 70.6 Å². The van der Waals surface area contributed by atoms with Crippen LogP contribution in [0.1, 0.15) is 278 Å². The van der Waals surface area contributed by atoms with E-state index in [-0.39, 0.29) is 31.1 Å². The third kappa shape index (κ3) is 46.8. The monoisotopic (exact) mass is 831 g/mol. The summed E-state index contributed by atoms with van der Waals surface area (Å²) < 4.78 is 16.8. The Balaban J connectivity index is 4.31. The SMILES string of the molecule is CCCCCC/C=C\C/C=C\CCCCCCCCCC(=O)OCC(COC(=O)CCCCCCCCCCCCC)OC(=O)CCCCCCCCCCCCCC. The van der Waals surface area contributed by atoms with Crippen molar-refractivity contribution < 1.29 is 28.6 Å². The molecule has 0 rings (SSSR count). The Labute approximate surface area is 366 Å². The molecule has 0 saturated carbocycles. The molecule has 59 heavy (non-hydrogen) atoms. The third-order valence-corrected chi connectivity index (χ3v) is 11.5. The Morgan fingerprint density at radius 3 is 0.949 bits per heavy atom. The normalized spacial score (nSPS) is 12.1. The van der Waals surface area contributed by atoms with Crippen molar-refractivity contribution in [2.24, 2.45) is 0 Å². The van der Waals surface area contributed by atoms with Crippen molar-refractivity contribution in [3.05, 3.63) is 24.3 Å². The largest absolute Gasteiger partial charge is 0.462 e. The van der Waals surface area contributed by atoms with Crippen LogP contribution in [0, 0.1) is 0 Å². The lowest BCUT2D eigenvalue weighted by molar-refractivity contribution is -0.167. The predicted molar refractivity (Wildman–Crippen MR) is 252 cm³/mol. The van der Waals surface area contributed by atoms with Gasteiger partial charge in [0.25, 0.3) is 0 Å². The molecule has 0 spiro atoms. The van der Waals surface area contributed by atoms with E-state index in [9.17, 15) is 14.4 Å². The van der Waals surface area contributed by atoms with E-state index in [2.05, 4.69) is 45.1 Å². The lowest BCUT2D eigenvalue weighted by Gasteiger charge is -2.18. The fraction of sp³-hybridized carbons (Fsp3) is 0.868. The van der Waals surface area contributed by atoms with Crippen molar-refractivity contribution in [1.82, 2.24) is 0 Å². The zero-order valence-electron chi connectivity index (χ0n) is 39.5. The van der Waals surface area contributed by atoms with Crippen LogP contribution in [0.4, 0.5) is 0 Å². The van der Waals surface area contributed by atoms with Gasteiger partial charge in [-0.3, -0.25) is 14.4 Å². The summed E-state index contributed by atoms with van der Waals surface area (Å²) in [5.41, 5.74) is 0. The Hall–Kier alpha value is -2.11. The molecular weight excluding hydrogens is 733 g/mol. The van der Waals surface area contributed by atoms with Crippen LogP contribution in [0.25, 0.3) is 0 Å². The van der Waals surface area contributed by atoms with Crippen LogP contribution in [0.2, 0.25) is 0 Å². The summed E-state index contributed by atoms with van der Waals surface area (Å²) in [6.45, 7) is 6.63. The molecule has 0 amide bonds. The highest BCUT2D eigenvalue weighted by Crippen LogP contribution is 2.16. The third-order valence-electron chi connectivity index (χ3n) is 11.5. The number of unbranched alkanes of at least 4 members (excludes halogenated alkanes) is 32. The number of carbonyl (C=O) groups is 3. The van der Waals surface area contributed by atoms with Crippen LogP contribution in [0.5, 0.6) is 0 Å². The first-order valence-corrected chi connectivity index (χ1v) is 25.8. The van der Waals surface area contributed by atoms with Gasteiger partial charge in [0.2, 0.25) is 0 Å². The van der Waals surface area contributed by atoms with Gasteiger partial charge in [-0.2, -0.15) is 0 Å². The van der Waals surface area contributed by atoms with Gasteiger partial charge in [-0.05, 0) is 51.4 Å². The van der Waals surface area contributed by atoms with Gasteiger partial charge in [-0.15, -0.1) is 0 Å². The summed E-state index contributed by atoms with van der Waals surface area (Å²) in [4.78, 5) is 37.9. The standard InChI is InChI=1S/C53H98O6/c1-4-7-10-13-16-19-22-24-25-26-27-28-29-32-34-37-40-43-46-52(55)58-49-50(48-57-51(54)45-42-39-36-33-30-21-18-15-12-9-6-3)59-53(56)47-44-41-38-35-31-23-20-17-14-11-8-5-2/h19,22,25-26,50H,4-18,20-21,23-24,27-49H2,1-3H3/b22-19-,26-25-. The van der Waals surface area contributed by atoms with Gasteiger partial charge in [0, 0.05) is 19.3 Å². The van der Waals surface area contributed by atoms with Crippen molar-refractivity contribution in [2.45, 2.75) is 284 Å². The molecule has 1 atom stereocenters.